The van der Waals surface area contributed by atoms with E-state index in [1.807, 2.05) is 6.07 Å². The number of carbonyl (C=O) groups excluding carboxylic acids is 2. The summed E-state index contributed by atoms with van der Waals surface area (Å²) in [7, 11) is 1.51. The monoisotopic (exact) mass is 505 g/mol. The van der Waals surface area contributed by atoms with Crippen LogP contribution < -0.4 is 4.90 Å². The number of fused-ring (bicyclic) bond motifs is 1. The molecule has 0 saturated carbocycles. The quantitative estimate of drug-likeness (QED) is 0.335. The van der Waals surface area contributed by atoms with Gasteiger partial charge in [-0.05, 0) is 5.56 Å². The fourth-order valence-corrected chi connectivity index (χ4v) is 4.35. The Morgan fingerprint density at radius 3 is 2.46 bits per heavy atom. The van der Waals surface area contributed by atoms with Gasteiger partial charge in [0.05, 0.1) is 13.0 Å². The number of amides is 1. The summed E-state index contributed by atoms with van der Waals surface area (Å²) in [6, 6.07) is 14.0. The normalized spacial score (nSPS) is 13.2. The van der Waals surface area contributed by atoms with Crippen LogP contribution in [0.5, 0.6) is 0 Å². The summed E-state index contributed by atoms with van der Waals surface area (Å²) < 4.78 is 40.4. The summed E-state index contributed by atoms with van der Waals surface area (Å²) in [5.74, 6) is 0.877. The second-order valence-corrected chi connectivity index (χ2v) is 8.78. The minimum absolute atomic E-state index is 0.0252. The number of hydrogen-bond donors (Lipinski definition) is 0. The molecule has 10 heteroatoms. The fraction of sp³-hybridized carbons (Fsp3) is 0.222. The minimum atomic E-state index is -4.52. The Morgan fingerprint density at radius 2 is 1.78 bits per heavy atom. The molecule has 188 valence electrons. The van der Waals surface area contributed by atoms with Gasteiger partial charge < -0.3 is 4.57 Å². The van der Waals surface area contributed by atoms with E-state index in [2.05, 4.69) is 15.0 Å². The molecule has 0 atom stereocenters. The van der Waals surface area contributed by atoms with E-state index >= 15 is 0 Å². The standard InChI is InChI=1S/C27H22F3N5O2/c1-3-21(36)19-6-4-5-7-20(19)24-31-13-18-12-23(37)35(26(18)33-24)14-16-8-10-17(11-9-16)25-32-22(15-34(25)2)27(28,29)30/h4-11,13,15H,3,12,14H2,1-2H3. The number of nitrogens with zero attached hydrogens (tertiary/aromatic N) is 5. The molecule has 3 heterocycles. The van der Waals surface area contributed by atoms with Gasteiger partial charge in [0.15, 0.2) is 17.3 Å². The van der Waals surface area contributed by atoms with Gasteiger partial charge in [0.25, 0.3) is 0 Å². The van der Waals surface area contributed by atoms with Crippen LogP contribution in [0, 0.1) is 0 Å². The van der Waals surface area contributed by atoms with Gasteiger partial charge in [0.1, 0.15) is 11.6 Å². The largest absolute Gasteiger partial charge is 0.434 e. The number of anilines is 1. The first-order chi connectivity index (χ1) is 17.7. The Bertz CT molecular complexity index is 1510. The van der Waals surface area contributed by atoms with Crippen molar-refractivity contribution in [2.24, 2.45) is 7.05 Å². The van der Waals surface area contributed by atoms with Gasteiger partial charge in [-0.15, -0.1) is 0 Å². The zero-order valence-corrected chi connectivity index (χ0v) is 20.1. The van der Waals surface area contributed by atoms with E-state index < -0.39 is 11.9 Å². The molecule has 1 aliphatic heterocycles. The van der Waals surface area contributed by atoms with Gasteiger partial charge in [-0.2, -0.15) is 13.2 Å². The molecule has 0 bridgehead atoms. The topological polar surface area (TPSA) is 81.0 Å². The Kier molecular flexibility index (Phi) is 6.10. The van der Waals surface area contributed by atoms with Crippen LogP contribution in [0.2, 0.25) is 0 Å². The van der Waals surface area contributed by atoms with Crippen molar-refractivity contribution in [3.63, 3.8) is 0 Å². The molecule has 37 heavy (non-hydrogen) atoms. The molecule has 1 amide bonds. The highest BCUT2D eigenvalue weighted by molar-refractivity contribution is 6.02. The number of rotatable bonds is 6. The molecular weight excluding hydrogens is 483 g/mol. The van der Waals surface area contributed by atoms with Crippen LogP contribution in [-0.4, -0.2) is 31.2 Å². The summed E-state index contributed by atoms with van der Waals surface area (Å²) in [5.41, 5.74) is 2.17. The minimum Gasteiger partial charge on any atom is -0.333 e. The lowest BCUT2D eigenvalue weighted by atomic mass is 10.0. The summed E-state index contributed by atoms with van der Waals surface area (Å²) >= 11 is 0. The van der Waals surface area contributed by atoms with E-state index in [0.29, 0.717) is 40.3 Å². The molecule has 4 aromatic rings. The van der Waals surface area contributed by atoms with Gasteiger partial charge in [0.2, 0.25) is 5.91 Å². The zero-order valence-electron chi connectivity index (χ0n) is 20.1. The highest BCUT2D eigenvalue weighted by atomic mass is 19.4. The first-order valence-corrected chi connectivity index (χ1v) is 11.6. The number of benzene rings is 2. The summed E-state index contributed by atoms with van der Waals surface area (Å²) in [6.07, 6.45) is -1.45. The van der Waals surface area contributed by atoms with Gasteiger partial charge in [0, 0.05) is 48.1 Å². The van der Waals surface area contributed by atoms with E-state index in [-0.39, 0.29) is 30.5 Å². The predicted octanol–water partition coefficient (Wildman–Crippen LogP) is 5.24. The second-order valence-electron chi connectivity index (χ2n) is 8.78. The van der Waals surface area contributed by atoms with Crippen LogP contribution in [0.25, 0.3) is 22.8 Å². The first-order valence-electron chi connectivity index (χ1n) is 11.6. The first kappa shape index (κ1) is 24.4. The Morgan fingerprint density at radius 1 is 1.05 bits per heavy atom. The molecule has 2 aromatic heterocycles. The van der Waals surface area contributed by atoms with Gasteiger partial charge in [-0.3, -0.25) is 14.5 Å². The average Bonchev–Trinajstić information content (AvgIpc) is 3.43. The van der Waals surface area contributed by atoms with Crippen LogP contribution in [0.4, 0.5) is 19.0 Å². The van der Waals surface area contributed by atoms with Crippen molar-refractivity contribution in [2.75, 3.05) is 4.90 Å². The number of imidazole rings is 1. The lowest BCUT2D eigenvalue weighted by Gasteiger charge is -2.17. The van der Waals surface area contributed by atoms with E-state index in [9.17, 15) is 22.8 Å². The number of hydrogen-bond acceptors (Lipinski definition) is 5. The van der Waals surface area contributed by atoms with Crippen LogP contribution in [0.1, 0.15) is 40.5 Å². The molecule has 0 spiro atoms. The third kappa shape index (κ3) is 4.62. The predicted molar refractivity (Wildman–Crippen MR) is 131 cm³/mol. The number of aromatic nitrogens is 4. The Hall–Kier alpha value is -4.34. The number of alkyl halides is 3. The van der Waals surface area contributed by atoms with Crippen molar-refractivity contribution in [1.82, 2.24) is 19.5 Å². The molecule has 0 radical (unpaired) electrons. The van der Waals surface area contributed by atoms with E-state index in [1.54, 1.807) is 60.5 Å². The summed E-state index contributed by atoms with van der Waals surface area (Å²) in [4.78, 5) is 39.6. The van der Waals surface area contributed by atoms with Gasteiger partial charge in [-0.1, -0.05) is 55.5 Å². The third-order valence-corrected chi connectivity index (χ3v) is 6.25. The van der Waals surface area contributed by atoms with Gasteiger partial charge in [-0.25, -0.2) is 15.0 Å². The molecule has 2 aromatic carbocycles. The number of Topliss-reactive ketones (excluding diaryl/α,β-unsaturated/α-hetero) is 1. The molecule has 0 fully saturated rings. The fourth-order valence-electron chi connectivity index (χ4n) is 4.35. The molecule has 7 nitrogen and oxygen atoms in total. The maximum atomic E-state index is 13.0. The van der Waals surface area contributed by atoms with Crippen molar-refractivity contribution >= 4 is 17.5 Å². The van der Waals surface area contributed by atoms with Crippen molar-refractivity contribution < 1.29 is 22.8 Å². The van der Waals surface area contributed by atoms with Crippen molar-refractivity contribution in [3.05, 3.63) is 83.3 Å². The van der Waals surface area contributed by atoms with Crippen LogP contribution >= 0.6 is 0 Å². The van der Waals surface area contributed by atoms with Crippen molar-refractivity contribution in [1.29, 1.82) is 0 Å². The molecular formula is C27H22F3N5O2. The molecule has 0 aliphatic carbocycles. The number of aryl methyl sites for hydroxylation is 1. The maximum absolute atomic E-state index is 13.0. The molecule has 0 N–H and O–H groups in total. The smallest absolute Gasteiger partial charge is 0.333 e. The average molecular weight is 506 g/mol. The van der Waals surface area contributed by atoms with E-state index in [0.717, 1.165) is 11.8 Å². The lowest BCUT2D eigenvalue weighted by molar-refractivity contribution is -0.140. The molecule has 5 rings (SSSR count). The molecule has 0 unspecified atom stereocenters. The number of carbonyl (C=O) groups is 2. The number of ketones is 1. The molecule has 0 saturated heterocycles. The SMILES string of the molecule is CCC(=O)c1ccccc1-c1ncc2c(n1)N(Cc1ccc(-c3nc(C(F)(F)F)cn3C)cc1)C(=O)C2. The van der Waals surface area contributed by atoms with Crippen molar-refractivity contribution in [2.45, 2.75) is 32.5 Å². The lowest BCUT2D eigenvalue weighted by Crippen LogP contribution is -2.26. The van der Waals surface area contributed by atoms with E-state index in [4.69, 9.17) is 0 Å². The Balaban J connectivity index is 1.42. The zero-order chi connectivity index (χ0) is 26.3. The van der Waals surface area contributed by atoms with Crippen LogP contribution in [-0.2, 0) is 31.0 Å². The van der Waals surface area contributed by atoms with Crippen LogP contribution in [0.15, 0.2) is 60.9 Å². The number of halogens is 3. The van der Waals surface area contributed by atoms with Gasteiger partial charge >= 0.3 is 6.18 Å². The van der Waals surface area contributed by atoms with Crippen LogP contribution in [0.3, 0.4) is 0 Å². The second kappa shape index (κ2) is 9.27. The molecule has 1 aliphatic rings. The van der Waals surface area contributed by atoms with E-state index in [1.165, 1.54) is 11.6 Å². The van der Waals surface area contributed by atoms with Crippen molar-refractivity contribution in [3.8, 4) is 22.8 Å². The highest BCUT2D eigenvalue weighted by Gasteiger charge is 2.34. The highest BCUT2D eigenvalue weighted by Crippen LogP contribution is 2.33. The summed E-state index contributed by atoms with van der Waals surface area (Å²) in [6.45, 7) is 2.02. The summed E-state index contributed by atoms with van der Waals surface area (Å²) in [5, 5.41) is 0. The third-order valence-electron chi connectivity index (χ3n) is 6.25. The Labute approximate surface area is 210 Å². The maximum Gasteiger partial charge on any atom is 0.434 e.